The Bertz CT molecular complexity index is 881. The van der Waals surface area contributed by atoms with E-state index in [2.05, 4.69) is 5.32 Å². The van der Waals surface area contributed by atoms with Crippen molar-refractivity contribution in [2.24, 2.45) is 14.1 Å². The summed E-state index contributed by atoms with van der Waals surface area (Å²) in [4.78, 5) is 35.3. The number of amides is 1. The number of carbonyl (C=O) groups is 1. The molecule has 0 unspecified atom stereocenters. The van der Waals surface area contributed by atoms with Gasteiger partial charge in [-0.2, -0.15) is 0 Å². The van der Waals surface area contributed by atoms with Crippen molar-refractivity contribution >= 4 is 23.6 Å². The number of aromatic nitrogens is 2. The lowest BCUT2D eigenvalue weighted by Gasteiger charge is -2.04. The largest absolute Gasteiger partial charge is 0.348 e. The second-order valence-corrected chi connectivity index (χ2v) is 5.46. The van der Waals surface area contributed by atoms with Crippen LogP contribution >= 0.6 is 11.6 Å². The van der Waals surface area contributed by atoms with Gasteiger partial charge in [-0.15, -0.1) is 0 Å². The van der Waals surface area contributed by atoms with Gasteiger partial charge in [0.15, 0.2) is 0 Å². The van der Waals surface area contributed by atoms with Gasteiger partial charge in [0.2, 0.25) is 5.91 Å². The van der Waals surface area contributed by atoms with E-state index >= 15 is 0 Å². The van der Waals surface area contributed by atoms with Crippen LogP contribution in [-0.2, 0) is 25.4 Å². The fraction of sp³-hybridized carbons (Fsp3) is 0.188. The zero-order valence-electron chi connectivity index (χ0n) is 12.7. The van der Waals surface area contributed by atoms with Gasteiger partial charge < -0.3 is 9.88 Å². The molecule has 0 aliphatic rings. The quantitative estimate of drug-likeness (QED) is 0.851. The minimum Gasteiger partial charge on any atom is -0.348 e. The second kappa shape index (κ2) is 7.11. The van der Waals surface area contributed by atoms with Gasteiger partial charge in [-0.05, 0) is 23.8 Å². The third-order valence-corrected chi connectivity index (χ3v) is 3.48. The Kier molecular flexibility index (Phi) is 5.18. The van der Waals surface area contributed by atoms with Gasteiger partial charge in [0, 0.05) is 37.9 Å². The van der Waals surface area contributed by atoms with E-state index in [-0.39, 0.29) is 11.5 Å². The molecule has 0 bridgehead atoms. The molecule has 7 heteroatoms. The predicted octanol–water partition coefficient (Wildman–Crippen LogP) is 1.07. The molecule has 1 heterocycles. The first-order valence-electron chi connectivity index (χ1n) is 6.85. The lowest BCUT2D eigenvalue weighted by molar-refractivity contribution is -0.116. The van der Waals surface area contributed by atoms with Crippen LogP contribution in [0.4, 0.5) is 0 Å². The van der Waals surface area contributed by atoms with Gasteiger partial charge in [-0.25, -0.2) is 4.79 Å². The number of nitrogens with one attached hydrogen (secondary N) is 1. The van der Waals surface area contributed by atoms with E-state index in [1.165, 1.54) is 30.0 Å². The Balaban J connectivity index is 2.07. The molecular weight excluding hydrogens is 318 g/mol. The van der Waals surface area contributed by atoms with Crippen LogP contribution in [0.5, 0.6) is 0 Å². The van der Waals surface area contributed by atoms with Crippen LogP contribution < -0.4 is 16.6 Å². The van der Waals surface area contributed by atoms with Crippen LogP contribution in [-0.4, -0.2) is 15.0 Å². The molecule has 0 atom stereocenters. The topological polar surface area (TPSA) is 73.1 Å². The van der Waals surface area contributed by atoms with Crippen LogP contribution in [0, 0.1) is 0 Å². The van der Waals surface area contributed by atoms with Crippen LogP contribution in [0.3, 0.4) is 0 Å². The molecule has 2 rings (SSSR count). The van der Waals surface area contributed by atoms with Crippen molar-refractivity contribution in [1.29, 1.82) is 0 Å². The summed E-state index contributed by atoms with van der Waals surface area (Å²) in [6, 6.07) is 7.16. The van der Waals surface area contributed by atoms with Crippen LogP contribution in [0.15, 0.2) is 46.1 Å². The zero-order chi connectivity index (χ0) is 17.0. The van der Waals surface area contributed by atoms with Gasteiger partial charge in [0.25, 0.3) is 5.56 Å². The molecule has 0 radical (unpaired) electrons. The smallest absolute Gasteiger partial charge is 0.330 e. The average molecular weight is 334 g/mol. The molecule has 2 aromatic rings. The van der Waals surface area contributed by atoms with Crippen LogP contribution in [0.1, 0.15) is 11.1 Å². The maximum Gasteiger partial charge on any atom is 0.330 e. The van der Waals surface area contributed by atoms with Gasteiger partial charge in [0.05, 0.1) is 5.56 Å². The molecule has 23 heavy (non-hydrogen) atoms. The number of aryl methyl sites for hydroxylation is 1. The molecule has 120 valence electrons. The van der Waals surface area contributed by atoms with Crippen molar-refractivity contribution in [3.63, 3.8) is 0 Å². The Morgan fingerprint density at radius 1 is 1.30 bits per heavy atom. The summed E-state index contributed by atoms with van der Waals surface area (Å²) in [5, 5.41) is 3.29. The number of carbonyl (C=O) groups excluding carboxylic acids is 1. The van der Waals surface area contributed by atoms with E-state index in [4.69, 9.17) is 11.6 Å². The minimum absolute atomic E-state index is 0.257. The summed E-state index contributed by atoms with van der Waals surface area (Å²) >= 11 is 5.87. The summed E-state index contributed by atoms with van der Waals surface area (Å²) in [6.07, 6.45) is 4.03. The number of hydrogen-bond acceptors (Lipinski definition) is 3. The van der Waals surface area contributed by atoms with Crippen molar-refractivity contribution in [3.05, 3.63) is 73.5 Å². The van der Waals surface area contributed by atoms with Crippen molar-refractivity contribution in [2.75, 3.05) is 0 Å². The van der Waals surface area contributed by atoms with Gasteiger partial charge in [0.1, 0.15) is 0 Å². The van der Waals surface area contributed by atoms with Crippen LogP contribution in [0.2, 0.25) is 5.02 Å². The van der Waals surface area contributed by atoms with Gasteiger partial charge in [-0.1, -0.05) is 23.7 Å². The SMILES string of the molecule is Cn1cc(/C=C/C(=O)NCc2cccc(Cl)c2)c(=O)n(C)c1=O. The molecule has 1 amide bonds. The van der Waals surface area contributed by atoms with E-state index in [1.54, 1.807) is 25.2 Å². The van der Waals surface area contributed by atoms with E-state index in [9.17, 15) is 14.4 Å². The molecule has 1 aromatic heterocycles. The first kappa shape index (κ1) is 16.8. The number of benzene rings is 1. The van der Waals surface area contributed by atoms with E-state index in [0.717, 1.165) is 10.1 Å². The van der Waals surface area contributed by atoms with Crippen molar-refractivity contribution < 1.29 is 4.79 Å². The number of nitrogens with zero attached hydrogens (tertiary/aromatic N) is 2. The van der Waals surface area contributed by atoms with Gasteiger partial charge >= 0.3 is 5.69 Å². The molecule has 1 N–H and O–H groups in total. The molecule has 0 aliphatic carbocycles. The Morgan fingerprint density at radius 2 is 2.04 bits per heavy atom. The van der Waals surface area contributed by atoms with Crippen molar-refractivity contribution in [1.82, 2.24) is 14.5 Å². The monoisotopic (exact) mass is 333 g/mol. The minimum atomic E-state index is -0.452. The number of hydrogen-bond donors (Lipinski definition) is 1. The molecule has 0 fully saturated rings. The lowest BCUT2D eigenvalue weighted by Crippen LogP contribution is -2.37. The summed E-state index contributed by atoms with van der Waals surface area (Å²) in [5.41, 5.74) is 0.259. The molecule has 0 saturated heterocycles. The molecule has 0 saturated carbocycles. The number of rotatable bonds is 4. The number of halogens is 1. The highest BCUT2D eigenvalue weighted by Gasteiger charge is 2.04. The summed E-state index contributed by atoms with van der Waals surface area (Å²) in [7, 11) is 2.93. The highest BCUT2D eigenvalue weighted by atomic mass is 35.5. The van der Waals surface area contributed by atoms with Gasteiger partial charge in [-0.3, -0.25) is 14.2 Å². The standard InChI is InChI=1S/C16H16ClN3O3/c1-19-10-12(15(22)20(2)16(19)23)6-7-14(21)18-9-11-4-3-5-13(17)8-11/h3-8,10H,9H2,1-2H3,(H,18,21)/b7-6+. The maximum atomic E-state index is 11.9. The average Bonchev–Trinajstić information content (AvgIpc) is 2.53. The normalized spacial score (nSPS) is 10.9. The second-order valence-electron chi connectivity index (χ2n) is 5.02. The predicted molar refractivity (Wildman–Crippen MR) is 89.3 cm³/mol. The molecule has 0 aliphatic heterocycles. The molecule has 1 aromatic carbocycles. The van der Waals surface area contributed by atoms with Crippen molar-refractivity contribution in [3.8, 4) is 0 Å². The van der Waals surface area contributed by atoms with Crippen LogP contribution in [0.25, 0.3) is 6.08 Å². The van der Waals surface area contributed by atoms with E-state index < -0.39 is 11.2 Å². The first-order chi connectivity index (χ1) is 10.9. The fourth-order valence-electron chi connectivity index (χ4n) is 2.01. The van der Waals surface area contributed by atoms with Crippen molar-refractivity contribution in [2.45, 2.75) is 6.54 Å². The third-order valence-electron chi connectivity index (χ3n) is 3.24. The first-order valence-corrected chi connectivity index (χ1v) is 7.23. The summed E-state index contributed by atoms with van der Waals surface area (Å²) in [5.74, 6) is -0.346. The Hall–Kier alpha value is -2.60. The highest BCUT2D eigenvalue weighted by Crippen LogP contribution is 2.10. The highest BCUT2D eigenvalue weighted by molar-refractivity contribution is 6.30. The Morgan fingerprint density at radius 3 is 2.74 bits per heavy atom. The summed E-state index contributed by atoms with van der Waals surface area (Å²) in [6.45, 7) is 0.328. The zero-order valence-corrected chi connectivity index (χ0v) is 13.5. The lowest BCUT2D eigenvalue weighted by atomic mass is 10.2. The fourth-order valence-corrected chi connectivity index (χ4v) is 2.22. The molecule has 6 nitrogen and oxygen atoms in total. The maximum absolute atomic E-state index is 11.9. The summed E-state index contributed by atoms with van der Waals surface area (Å²) < 4.78 is 2.27. The Labute approximate surface area is 137 Å². The molecule has 0 spiro atoms. The van der Waals surface area contributed by atoms with E-state index in [1.807, 2.05) is 6.07 Å². The molecular formula is C16H16ClN3O3. The third kappa shape index (κ3) is 4.20. The van der Waals surface area contributed by atoms with E-state index in [0.29, 0.717) is 11.6 Å².